The average Bonchev–Trinajstić information content (AvgIpc) is 2.50. The molecule has 138 valence electrons. The molecule has 1 heterocycles. The molecular formula is C16H32O6S. The highest BCUT2D eigenvalue weighted by Crippen LogP contribution is 2.24. The fourth-order valence-electron chi connectivity index (χ4n) is 2.90. The molecule has 0 aromatic rings. The van der Waals surface area contributed by atoms with Crippen LogP contribution in [0.3, 0.4) is 0 Å². The maximum absolute atomic E-state index is 10.7. The van der Waals surface area contributed by atoms with Gasteiger partial charge < -0.3 is 9.47 Å². The van der Waals surface area contributed by atoms with Gasteiger partial charge in [-0.1, -0.05) is 58.8 Å². The van der Waals surface area contributed by atoms with Crippen LogP contribution in [0.15, 0.2) is 0 Å². The summed E-state index contributed by atoms with van der Waals surface area (Å²) in [6, 6.07) is 0. The van der Waals surface area contributed by atoms with Crippen molar-refractivity contribution in [2.45, 2.75) is 84.0 Å². The Balaban J connectivity index is 2.18. The molecule has 0 bridgehead atoms. The Morgan fingerprint density at radius 2 is 1.61 bits per heavy atom. The van der Waals surface area contributed by atoms with E-state index < -0.39 is 16.5 Å². The molecule has 0 saturated carbocycles. The van der Waals surface area contributed by atoms with E-state index in [9.17, 15) is 8.42 Å². The van der Waals surface area contributed by atoms with E-state index in [0.29, 0.717) is 5.92 Å². The minimum absolute atomic E-state index is 0.123. The molecule has 1 fully saturated rings. The van der Waals surface area contributed by atoms with Gasteiger partial charge in [0.2, 0.25) is 0 Å². The zero-order valence-corrected chi connectivity index (χ0v) is 15.2. The van der Waals surface area contributed by atoms with Gasteiger partial charge in [0.1, 0.15) is 6.10 Å². The molecule has 0 aliphatic carbocycles. The number of rotatable bonds is 12. The fourth-order valence-corrected chi connectivity index (χ4v) is 3.35. The van der Waals surface area contributed by atoms with E-state index in [1.54, 1.807) is 0 Å². The van der Waals surface area contributed by atoms with E-state index in [1.807, 2.05) is 0 Å². The standard InChI is InChI=1S/C16H32O6S/c1-3-5-6-7-8-9-10-11-14(4-2)16-20-12-15(13-21-16)22-23(17,18)19/h14-16H,3-13H2,1-2H3,(H,17,18,19). The Labute approximate surface area is 140 Å². The van der Waals surface area contributed by atoms with Crippen LogP contribution < -0.4 is 0 Å². The maximum atomic E-state index is 10.7. The number of ether oxygens (including phenoxy) is 2. The SMILES string of the molecule is CCCCCCCCCC(CC)C1OCC(OS(=O)(=O)O)CO1. The van der Waals surface area contributed by atoms with Crippen LogP contribution in [0.25, 0.3) is 0 Å². The molecule has 23 heavy (non-hydrogen) atoms. The van der Waals surface area contributed by atoms with Crippen molar-refractivity contribution in [1.29, 1.82) is 0 Å². The van der Waals surface area contributed by atoms with Gasteiger partial charge in [-0.15, -0.1) is 0 Å². The van der Waals surface area contributed by atoms with Crippen LogP contribution in [0.2, 0.25) is 0 Å². The van der Waals surface area contributed by atoms with Gasteiger partial charge in [0.05, 0.1) is 13.2 Å². The topological polar surface area (TPSA) is 82.1 Å². The van der Waals surface area contributed by atoms with Gasteiger partial charge in [-0.05, 0) is 12.8 Å². The quantitative estimate of drug-likeness (QED) is 0.426. The monoisotopic (exact) mass is 352 g/mol. The first-order valence-electron chi connectivity index (χ1n) is 8.85. The van der Waals surface area contributed by atoms with Crippen molar-refractivity contribution in [3.63, 3.8) is 0 Å². The highest BCUT2D eigenvalue weighted by atomic mass is 32.3. The lowest BCUT2D eigenvalue weighted by Crippen LogP contribution is -2.41. The van der Waals surface area contributed by atoms with Crippen LogP contribution in [-0.4, -0.2) is 38.6 Å². The van der Waals surface area contributed by atoms with Gasteiger partial charge in [0.15, 0.2) is 6.29 Å². The van der Waals surface area contributed by atoms with E-state index in [-0.39, 0.29) is 19.5 Å². The predicted octanol–water partition coefficient (Wildman–Crippen LogP) is 3.71. The summed E-state index contributed by atoms with van der Waals surface area (Å²) in [5.74, 6) is 0.317. The van der Waals surface area contributed by atoms with Crippen molar-refractivity contribution in [3.05, 3.63) is 0 Å². The molecule has 6 nitrogen and oxygen atoms in total. The van der Waals surface area contributed by atoms with Gasteiger partial charge in [0, 0.05) is 5.92 Å². The van der Waals surface area contributed by atoms with Crippen LogP contribution in [0.4, 0.5) is 0 Å². The molecule has 0 aromatic carbocycles. The second-order valence-electron chi connectivity index (χ2n) is 6.26. The molecule has 1 N–H and O–H groups in total. The first-order chi connectivity index (χ1) is 11.0. The van der Waals surface area contributed by atoms with Crippen molar-refractivity contribution in [2.24, 2.45) is 5.92 Å². The Bertz CT molecular complexity index is 389. The highest BCUT2D eigenvalue weighted by Gasteiger charge is 2.30. The van der Waals surface area contributed by atoms with E-state index in [2.05, 4.69) is 18.0 Å². The number of hydrogen-bond donors (Lipinski definition) is 1. The first-order valence-corrected chi connectivity index (χ1v) is 10.2. The summed E-state index contributed by atoms with van der Waals surface area (Å²) in [6.45, 7) is 4.58. The molecule has 1 aliphatic heterocycles. The molecule has 0 radical (unpaired) electrons. The summed E-state index contributed by atoms with van der Waals surface area (Å²) >= 11 is 0. The molecule has 0 spiro atoms. The summed E-state index contributed by atoms with van der Waals surface area (Å²) in [6.07, 6.45) is 9.88. The zero-order chi connectivity index (χ0) is 17.1. The summed E-state index contributed by atoms with van der Waals surface area (Å²) in [7, 11) is -4.45. The minimum Gasteiger partial charge on any atom is -0.350 e. The molecule has 0 aromatic heterocycles. The van der Waals surface area contributed by atoms with Gasteiger partial charge in [-0.2, -0.15) is 8.42 Å². The van der Waals surface area contributed by atoms with E-state index in [0.717, 1.165) is 12.8 Å². The van der Waals surface area contributed by atoms with Crippen molar-refractivity contribution in [2.75, 3.05) is 13.2 Å². The molecule has 7 heteroatoms. The normalized spacial score (nSPS) is 23.8. The Kier molecular flexibility index (Phi) is 10.3. The molecule has 1 aliphatic rings. The van der Waals surface area contributed by atoms with Crippen LogP contribution in [-0.2, 0) is 24.1 Å². The lowest BCUT2D eigenvalue weighted by Gasteiger charge is -2.33. The second kappa shape index (κ2) is 11.4. The third-order valence-electron chi connectivity index (χ3n) is 4.24. The third kappa shape index (κ3) is 9.62. The van der Waals surface area contributed by atoms with Gasteiger partial charge in [-0.25, -0.2) is 4.18 Å². The van der Waals surface area contributed by atoms with Crippen LogP contribution in [0, 0.1) is 5.92 Å². The van der Waals surface area contributed by atoms with Gasteiger partial charge in [-0.3, -0.25) is 4.55 Å². The molecular weight excluding hydrogens is 320 g/mol. The summed E-state index contributed by atoms with van der Waals surface area (Å²) in [5.41, 5.74) is 0. The van der Waals surface area contributed by atoms with Crippen molar-refractivity contribution >= 4 is 10.4 Å². The van der Waals surface area contributed by atoms with Crippen molar-refractivity contribution < 1.29 is 26.6 Å². The van der Waals surface area contributed by atoms with Crippen molar-refractivity contribution in [3.8, 4) is 0 Å². The van der Waals surface area contributed by atoms with E-state index >= 15 is 0 Å². The predicted molar refractivity (Wildman–Crippen MR) is 88.5 cm³/mol. The smallest absolute Gasteiger partial charge is 0.350 e. The van der Waals surface area contributed by atoms with Crippen LogP contribution >= 0.6 is 0 Å². The third-order valence-corrected chi connectivity index (χ3v) is 4.75. The Hall–Kier alpha value is -0.210. The van der Waals surface area contributed by atoms with E-state index in [4.69, 9.17) is 14.0 Å². The lowest BCUT2D eigenvalue weighted by molar-refractivity contribution is -0.234. The summed E-state index contributed by atoms with van der Waals surface area (Å²) in [4.78, 5) is 0. The first kappa shape index (κ1) is 20.8. The molecule has 1 saturated heterocycles. The van der Waals surface area contributed by atoms with Crippen molar-refractivity contribution in [1.82, 2.24) is 0 Å². The molecule has 1 rings (SSSR count). The van der Waals surface area contributed by atoms with Crippen LogP contribution in [0.1, 0.15) is 71.6 Å². The van der Waals surface area contributed by atoms with E-state index in [1.165, 1.54) is 44.9 Å². The molecule has 1 unspecified atom stereocenters. The zero-order valence-electron chi connectivity index (χ0n) is 14.4. The summed E-state index contributed by atoms with van der Waals surface area (Å²) in [5, 5.41) is 0. The molecule has 0 amide bonds. The lowest BCUT2D eigenvalue weighted by atomic mass is 9.96. The number of hydrogen-bond acceptors (Lipinski definition) is 5. The highest BCUT2D eigenvalue weighted by molar-refractivity contribution is 7.80. The van der Waals surface area contributed by atoms with Gasteiger partial charge >= 0.3 is 10.4 Å². The minimum atomic E-state index is -4.45. The maximum Gasteiger partial charge on any atom is 0.397 e. The fraction of sp³-hybridized carbons (Fsp3) is 1.00. The Morgan fingerprint density at radius 1 is 1.04 bits per heavy atom. The van der Waals surface area contributed by atoms with Crippen LogP contribution in [0.5, 0.6) is 0 Å². The molecule has 1 atom stereocenters. The van der Waals surface area contributed by atoms with Gasteiger partial charge in [0.25, 0.3) is 0 Å². The second-order valence-corrected chi connectivity index (χ2v) is 7.31. The largest absolute Gasteiger partial charge is 0.397 e. The summed E-state index contributed by atoms with van der Waals surface area (Å²) < 4.78 is 45.6. The average molecular weight is 352 g/mol. The number of unbranched alkanes of at least 4 members (excludes halogenated alkanes) is 6. The Morgan fingerprint density at radius 3 is 2.13 bits per heavy atom.